The summed E-state index contributed by atoms with van der Waals surface area (Å²) >= 11 is 0. The van der Waals surface area contributed by atoms with Gasteiger partial charge in [0.15, 0.2) is 0 Å². The Hall–Kier alpha value is -1.59. The number of carbonyl (C=O) groups excluding carboxylic acids is 1. The second-order valence-corrected chi connectivity index (χ2v) is 7.27. The first-order chi connectivity index (χ1) is 12.0. The number of ether oxygens (including phenoxy) is 1. The third-order valence-corrected chi connectivity index (χ3v) is 5.02. The molecule has 1 aliphatic rings. The highest BCUT2D eigenvalue weighted by molar-refractivity contribution is 5.73. The molecule has 1 heterocycles. The molecule has 140 valence electrons. The number of aryl methyl sites for hydroxylation is 2. The lowest BCUT2D eigenvalue weighted by Crippen LogP contribution is -2.45. The number of rotatable bonds is 7. The van der Waals surface area contributed by atoms with Gasteiger partial charge < -0.3 is 19.9 Å². The molecule has 1 saturated heterocycles. The molecule has 1 fully saturated rings. The van der Waals surface area contributed by atoms with E-state index in [0.717, 1.165) is 32.8 Å². The molecule has 2 rings (SSSR count). The highest BCUT2D eigenvalue weighted by Crippen LogP contribution is 2.17. The molecule has 0 aliphatic carbocycles. The molecule has 1 aliphatic heterocycles. The van der Waals surface area contributed by atoms with Gasteiger partial charge in [0.2, 0.25) is 0 Å². The van der Waals surface area contributed by atoms with Gasteiger partial charge in [0.25, 0.3) is 0 Å². The normalized spacial score (nSPS) is 18.2. The highest BCUT2D eigenvalue weighted by atomic mass is 16.5. The zero-order valence-corrected chi connectivity index (χ0v) is 16.2. The molecule has 0 saturated carbocycles. The Kier molecular flexibility index (Phi) is 7.72. The standard InChI is InChI=1S/C20H33N3O2/c1-16-7-8-19(17(2)12-16)13-21-20(24)22(3)14-18-6-5-9-23(15-18)10-11-25-4/h7-8,12,18H,5-6,9-11,13-15H2,1-4H3,(H,21,24). The van der Waals surface area contributed by atoms with E-state index in [1.807, 2.05) is 11.9 Å². The second-order valence-electron chi connectivity index (χ2n) is 7.27. The summed E-state index contributed by atoms with van der Waals surface area (Å²) in [4.78, 5) is 16.7. The minimum Gasteiger partial charge on any atom is -0.383 e. The van der Waals surface area contributed by atoms with Gasteiger partial charge in [-0.2, -0.15) is 0 Å². The molecule has 5 nitrogen and oxygen atoms in total. The van der Waals surface area contributed by atoms with Crippen molar-refractivity contribution >= 4 is 6.03 Å². The fourth-order valence-electron chi connectivity index (χ4n) is 3.54. The summed E-state index contributed by atoms with van der Waals surface area (Å²) in [6.07, 6.45) is 2.39. The van der Waals surface area contributed by atoms with Crippen molar-refractivity contribution < 1.29 is 9.53 Å². The van der Waals surface area contributed by atoms with Crippen molar-refractivity contribution in [2.24, 2.45) is 5.92 Å². The SMILES string of the molecule is COCCN1CCCC(CN(C)C(=O)NCc2ccc(C)cc2C)C1. The van der Waals surface area contributed by atoms with Crippen LogP contribution in [-0.2, 0) is 11.3 Å². The van der Waals surface area contributed by atoms with Crippen molar-refractivity contribution in [3.05, 3.63) is 34.9 Å². The Labute approximate surface area is 152 Å². The lowest BCUT2D eigenvalue weighted by atomic mass is 9.97. The van der Waals surface area contributed by atoms with Crippen molar-refractivity contribution in [2.45, 2.75) is 33.2 Å². The van der Waals surface area contributed by atoms with Gasteiger partial charge in [-0.1, -0.05) is 23.8 Å². The first-order valence-corrected chi connectivity index (χ1v) is 9.26. The number of amides is 2. The molecule has 5 heteroatoms. The fourth-order valence-corrected chi connectivity index (χ4v) is 3.54. The van der Waals surface area contributed by atoms with E-state index in [1.54, 1.807) is 7.11 Å². The van der Waals surface area contributed by atoms with E-state index in [0.29, 0.717) is 12.5 Å². The second kappa shape index (κ2) is 9.78. The lowest BCUT2D eigenvalue weighted by Gasteiger charge is -2.34. The molecule has 1 N–H and O–H groups in total. The summed E-state index contributed by atoms with van der Waals surface area (Å²) in [7, 11) is 3.64. The van der Waals surface area contributed by atoms with Gasteiger partial charge in [-0.3, -0.25) is 0 Å². The first kappa shape index (κ1) is 19.7. The number of carbonyl (C=O) groups is 1. The molecule has 1 unspecified atom stereocenters. The minimum atomic E-state index is 0.00832. The number of hydrogen-bond acceptors (Lipinski definition) is 3. The smallest absolute Gasteiger partial charge is 0.317 e. The van der Waals surface area contributed by atoms with Gasteiger partial charge in [-0.05, 0) is 50.3 Å². The topological polar surface area (TPSA) is 44.8 Å². The van der Waals surface area contributed by atoms with Crippen LogP contribution in [0.4, 0.5) is 4.79 Å². The largest absolute Gasteiger partial charge is 0.383 e. The van der Waals surface area contributed by atoms with Crippen LogP contribution in [0.15, 0.2) is 18.2 Å². The van der Waals surface area contributed by atoms with E-state index < -0.39 is 0 Å². The van der Waals surface area contributed by atoms with Crippen molar-refractivity contribution in [3.8, 4) is 0 Å². The van der Waals surface area contributed by atoms with Gasteiger partial charge in [0.1, 0.15) is 0 Å². The highest BCUT2D eigenvalue weighted by Gasteiger charge is 2.22. The lowest BCUT2D eigenvalue weighted by molar-refractivity contribution is 0.105. The molecule has 0 aromatic heterocycles. The Morgan fingerprint density at radius 1 is 1.40 bits per heavy atom. The Bertz CT molecular complexity index is 562. The first-order valence-electron chi connectivity index (χ1n) is 9.26. The number of nitrogens with one attached hydrogen (secondary N) is 1. The molecule has 1 aromatic rings. The number of piperidine rings is 1. The quantitative estimate of drug-likeness (QED) is 0.825. The summed E-state index contributed by atoms with van der Waals surface area (Å²) in [6, 6.07) is 6.35. The van der Waals surface area contributed by atoms with Crippen LogP contribution in [-0.4, -0.2) is 62.8 Å². The maximum absolute atomic E-state index is 12.4. The van der Waals surface area contributed by atoms with Crippen LogP contribution in [0.2, 0.25) is 0 Å². The van der Waals surface area contributed by atoms with Gasteiger partial charge in [0, 0.05) is 40.3 Å². The number of methoxy groups -OCH3 is 1. The summed E-state index contributed by atoms with van der Waals surface area (Å²) in [5.41, 5.74) is 3.65. The van der Waals surface area contributed by atoms with Crippen molar-refractivity contribution in [3.63, 3.8) is 0 Å². The van der Waals surface area contributed by atoms with E-state index in [4.69, 9.17) is 4.74 Å². The van der Waals surface area contributed by atoms with Crippen LogP contribution in [0.3, 0.4) is 0 Å². The maximum Gasteiger partial charge on any atom is 0.317 e. The van der Waals surface area contributed by atoms with E-state index in [9.17, 15) is 4.79 Å². The molecule has 0 radical (unpaired) electrons. The average Bonchev–Trinajstić information content (AvgIpc) is 2.59. The minimum absolute atomic E-state index is 0.00832. The summed E-state index contributed by atoms with van der Waals surface area (Å²) in [5, 5.41) is 3.05. The van der Waals surface area contributed by atoms with Crippen molar-refractivity contribution in [2.75, 3.05) is 46.9 Å². The third-order valence-electron chi connectivity index (χ3n) is 5.02. The maximum atomic E-state index is 12.4. The molecule has 0 spiro atoms. The predicted octanol–water partition coefficient (Wildman–Crippen LogP) is 2.80. The monoisotopic (exact) mass is 347 g/mol. The molecular weight excluding hydrogens is 314 g/mol. The number of nitrogens with zero attached hydrogens (tertiary/aromatic N) is 2. The molecular formula is C20H33N3O2. The van der Waals surface area contributed by atoms with Gasteiger partial charge in [-0.15, -0.1) is 0 Å². The number of likely N-dealkylation sites (tertiary alicyclic amines) is 1. The average molecular weight is 348 g/mol. The zero-order valence-electron chi connectivity index (χ0n) is 16.2. The van der Waals surface area contributed by atoms with E-state index in [1.165, 1.54) is 29.5 Å². The van der Waals surface area contributed by atoms with E-state index >= 15 is 0 Å². The van der Waals surface area contributed by atoms with Crippen LogP contribution in [0.1, 0.15) is 29.5 Å². The van der Waals surface area contributed by atoms with E-state index in [-0.39, 0.29) is 6.03 Å². The predicted molar refractivity (Wildman–Crippen MR) is 102 cm³/mol. The summed E-state index contributed by atoms with van der Waals surface area (Å²) in [5.74, 6) is 0.544. The number of hydrogen-bond donors (Lipinski definition) is 1. The summed E-state index contributed by atoms with van der Waals surface area (Å²) < 4.78 is 5.17. The Morgan fingerprint density at radius 3 is 2.92 bits per heavy atom. The van der Waals surface area contributed by atoms with Crippen LogP contribution in [0.5, 0.6) is 0 Å². The Balaban J connectivity index is 1.77. The van der Waals surface area contributed by atoms with Gasteiger partial charge >= 0.3 is 6.03 Å². The van der Waals surface area contributed by atoms with Gasteiger partial charge in [-0.25, -0.2) is 4.79 Å². The molecule has 25 heavy (non-hydrogen) atoms. The summed E-state index contributed by atoms with van der Waals surface area (Å²) in [6.45, 7) is 9.52. The van der Waals surface area contributed by atoms with Crippen LogP contribution in [0, 0.1) is 19.8 Å². The zero-order chi connectivity index (χ0) is 18.2. The van der Waals surface area contributed by atoms with E-state index in [2.05, 4.69) is 42.3 Å². The van der Waals surface area contributed by atoms with Gasteiger partial charge in [0.05, 0.1) is 6.61 Å². The van der Waals surface area contributed by atoms with Crippen LogP contribution >= 0.6 is 0 Å². The van der Waals surface area contributed by atoms with Crippen LogP contribution < -0.4 is 5.32 Å². The number of urea groups is 1. The Morgan fingerprint density at radius 2 is 2.20 bits per heavy atom. The molecule has 1 atom stereocenters. The third kappa shape index (κ3) is 6.33. The molecule has 1 aromatic carbocycles. The fraction of sp³-hybridized carbons (Fsp3) is 0.650. The molecule has 2 amide bonds. The number of benzene rings is 1. The van der Waals surface area contributed by atoms with Crippen molar-refractivity contribution in [1.82, 2.24) is 15.1 Å². The molecule has 0 bridgehead atoms. The van der Waals surface area contributed by atoms with Crippen LogP contribution in [0.25, 0.3) is 0 Å². The van der Waals surface area contributed by atoms with Crippen molar-refractivity contribution in [1.29, 1.82) is 0 Å².